The van der Waals surface area contributed by atoms with Crippen molar-refractivity contribution in [1.29, 1.82) is 0 Å². The summed E-state index contributed by atoms with van der Waals surface area (Å²) in [6.45, 7) is 6.86. The minimum absolute atomic E-state index is 0.102. The Bertz CT molecular complexity index is 285. The van der Waals surface area contributed by atoms with Crippen LogP contribution in [-0.4, -0.2) is 33.3 Å². The van der Waals surface area contributed by atoms with Crippen LogP contribution in [0.3, 0.4) is 0 Å². The molecule has 16 heavy (non-hydrogen) atoms. The second-order valence-electron chi connectivity index (χ2n) is 4.41. The number of rotatable bonds is 8. The van der Waals surface area contributed by atoms with E-state index in [0.717, 1.165) is 24.7 Å². The Kier molecular flexibility index (Phi) is 6.03. The fraction of sp³-hybridized carbons (Fsp3) is 0.818. The van der Waals surface area contributed by atoms with E-state index in [2.05, 4.69) is 29.5 Å². The highest BCUT2D eigenvalue weighted by molar-refractivity contribution is 4.91. The number of hydrogen-bond acceptors (Lipinski definition) is 4. The number of hydrogen-bond donors (Lipinski definition) is 2. The second kappa shape index (κ2) is 7.35. The number of aliphatic hydroxyl groups excluding tert-OH is 1. The van der Waals surface area contributed by atoms with E-state index in [4.69, 9.17) is 5.11 Å². The number of aromatic nitrogens is 3. The summed E-state index contributed by atoms with van der Waals surface area (Å²) >= 11 is 0. The molecule has 0 saturated heterocycles. The Hall–Kier alpha value is -0.940. The summed E-state index contributed by atoms with van der Waals surface area (Å²) in [5.41, 5.74) is 0.929. The molecule has 0 aliphatic rings. The van der Waals surface area contributed by atoms with Gasteiger partial charge in [0.15, 0.2) is 0 Å². The van der Waals surface area contributed by atoms with Crippen molar-refractivity contribution in [2.24, 2.45) is 5.92 Å². The van der Waals surface area contributed by atoms with Crippen molar-refractivity contribution in [2.45, 2.75) is 39.8 Å². The van der Waals surface area contributed by atoms with Crippen molar-refractivity contribution in [3.05, 3.63) is 11.9 Å². The van der Waals surface area contributed by atoms with Gasteiger partial charge in [0.2, 0.25) is 0 Å². The van der Waals surface area contributed by atoms with Crippen LogP contribution in [0.15, 0.2) is 6.20 Å². The van der Waals surface area contributed by atoms with Gasteiger partial charge < -0.3 is 10.4 Å². The van der Waals surface area contributed by atoms with Crippen LogP contribution in [0.1, 0.15) is 32.4 Å². The third-order valence-electron chi connectivity index (χ3n) is 2.36. The molecule has 0 unspecified atom stereocenters. The first-order valence-corrected chi connectivity index (χ1v) is 5.93. The highest BCUT2D eigenvalue weighted by Gasteiger charge is 1.99. The van der Waals surface area contributed by atoms with Crippen molar-refractivity contribution in [2.75, 3.05) is 13.2 Å². The molecule has 0 saturated carbocycles. The van der Waals surface area contributed by atoms with Crippen LogP contribution in [0.2, 0.25) is 0 Å². The molecule has 0 bridgehead atoms. The van der Waals surface area contributed by atoms with E-state index in [1.165, 1.54) is 12.8 Å². The zero-order valence-corrected chi connectivity index (χ0v) is 10.2. The second-order valence-corrected chi connectivity index (χ2v) is 4.41. The van der Waals surface area contributed by atoms with Crippen LogP contribution in [0.5, 0.6) is 0 Å². The van der Waals surface area contributed by atoms with Crippen LogP contribution < -0.4 is 5.32 Å². The Morgan fingerprint density at radius 3 is 3.00 bits per heavy atom. The first-order valence-electron chi connectivity index (χ1n) is 5.93. The highest BCUT2D eigenvalue weighted by atomic mass is 16.3. The minimum Gasteiger partial charge on any atom is -0.394 e. The Balaban J connectivity index is 2.12. The van der Waals surface area contributed by atoms with Gasteiger partial charge in [0.05, 0.1) is 18.8 Å². The van der Waals surface area contributed by atoms with E-state index in [1.54, 1.807) is 4.68 Å². The Morgan fingerprint density at radius 2 is 2.31 bits per heavy atom. The van der Waals surface area contributed by atoms with Gasteiger partial charge in [-0.3, -0.25) is 0 Å². The number of aliphatic hydroxyl groups is 1. The van der Waals surface area contributed by atoms with Gasteiger partial charge in [0.1, 0.15) is 0 Å². The van der Waals surface area contributed by atoms with E-state index in [0.29, 0.717) is 6.54 Å². The van der Waals surface area contributed by atoms with Gasteiger partial charge in [0, 0.05) is 12.7 Å². The summed E-state index contributed by atoms with van der Waals surface area (Å²) in [4.78, 5) is 0. The summed E-state index contributed by atoms with van der Waals surface area (Å²) < 4.78 is 1.66. The third kappa shape index (κ3) is 5.23. The normalized spacial score (nSPS) is 11.2. The standard InChI is InChI=1S/C11H22N4O/c1-10(2)4-3-5-12-8-11-9-15(6-7-16)14-13-11/h9-10,12,16H,3-8H2,1-2H3. The molecule has 0 amide bonds. The maximum absolute atomic E-state index is 8.72. The summed E-state index contributed by atoms with van der Waals surface area (Å²) in [7, 11) is 0. The van der Waals surface area contributed by atoms with Crippen LogP contribution >= 0.6 is 0 Å². The maximum atomic E-state index is 8.72. The van der Waals surface area contributed by atoms with Crippen LogP contribution in [0, 0.1) is 5.92 Å². The molecule has 0 radical (unpaired) electrons. The average Bonchev–Trinajstić information content (AvgIpc) is 2.65. The molecule has 0 fully saturated rings. The van der Waals surface area contributed by atoms with E-state index in [-0.39, 0.29) is 6.61 Å². The molecular formula is C11H22N4O. The lowest BCUT2D eigenvalue weighted by atomic mass is 10.1. The number of nitrogens with one attached hydrogen (secondary N) is 1. The molecule has 0 aliphatic carbocycles. The molecular weight excluding hydrogens is 204 g/mol. The van der Waals surface area contributed by atoms with E-state index in [1.807, 2.05) is 6.20 Å². The molecule has 1 rings (SSSR count). The molecule has 0 spiro atoms. The SMILES string of the molecule is CC(C)CCCNCc1cn(CCO)nn1. The van der Waals surface area contributed by atoms with Crippen LogP contribution in [0.25, 0.3) is 0 Å². The smallest absolute Gasteiger partial charge is 0.0964 e. The van der Waals surface area contributed by atoms with Crippen molar-refractivity contribution < 1.29 is 5.11 Å². The van der Waals surface area contributed by atoms with Gasteiger partial charge >= 0.3 is 0 Å². The average molecular weight is 226 g/mol. The molecule has 0 aromatic carbocycles. The van der Waals surface area contributed by atoms with Gasteiger partial charge in [-0.25, -0.2) is 4.68 Å². The molecule has 0 atom stereocenters. The van der Waals surface area contributed by atoms with Gasteiger partial charge in [-0.15, -0.1) is 5.10 Å². The lowest BCUT2D eigenvalue weighted by molar-refractivity contribution is 0.268. The van der Waals surface area contributed by atoms with Crippen molar-refractivity contribution in [3.8, 4) is 0 Å². The van der Waals surface area contributed by atoms with E-state index >= 15 is 0 Å². The fourth-order valence-corrected chi connectivity index (χ4v) is 1.48. The summed E-state index contributed by atoms with van der Waals surface area (Å²) in [5, 5.41) is 20.0. The van der Waals surface area contributed by atoms with Crippen molar-refractivity contribution >= 4 is 0 Å². The van der Waals surface area contributed by atoms with Crippen molar-refractivity contribution in [3.63, 3.8) is 0 Å². The molecule has 1 heterocycles. The predicted octanol–water partition coefficient (Wildman–Crippen LogP) is 0.796. The fourth-order valence-electron chi connectivity index (χ4n) is 1.48. The van der Waals surface area contributed by atoms with Crippen molar-refractivity contribution in [1.82, 2.24) is 20.3 Å². The van der Waals surface area contributed by atoms with E-state index in [9.17, 15) is 0 Å². The third-order valence-corrected chi connectivity index (χ3v) is 2.36. The molecule has 2 N–H and O–H groups in total. The highest BCUT2D eigenvalue weighted by Crippen LogP contribution is 2.02. The summed E-state index contributed by atoms with van der Waals surface area (Å²) in [6, 6.07) is 0. The number of nitrogens with zero attached hydrogens (tertiary/aromatic N) is 3. The van der Waals surface area contributed by atoms with E-state index < -0.39 is 0 Å². The zero-order valence-electron chi connectivity index (χ0n) is 10.2. The minimum atomic E-state index is 0.102. The van der Waals surface area contributed by atoms with Crippen LogP contribution in [0.4, 0.5) is 0 Å². The van der Waals surface area contributed by atoms with Gasteiger partial charge in [-0.05, 0) is 25.3 Å². The molecule has 0 aliphatic heterocycles. The Labute approximate surface area is 96.9 Å². The first kappa shape index (κ1) is 13.1. The molecule has 5 nitrogen and oxygen atoms in total. The summed E-state index contributed by atoms with van der Waals surface area (Å²) in [5.74, 6) is 0.771. The lowest BCUT2D eigenvalue weighted by Crippen LogP contribution is -2.15. The quantitative estimate of drug-likeness (QED) is 0.643. The molecule has 92 valence electrons. The molecule has 1 aromatic rings. The molecule has 1 aromatic heterocycles. The maximum Gasteiger partial charge on any atom is 0.0964 e. The van der Waals surface area contributed by atoms with Crippen LogP contribution in [-0.2, 0) is 13.1 Å². The molecule has 5 heteroatoms. The lowest BCUT2D eigenvalue weighted by Gasteiger charge is -2.04. The zero-order chi connectivity index (χ0) is 11.8. The largest absolute Gasteiger partial charge is 0.394 e. The first-order chi connectivity index (χ1) is 7.72. The topological polar surface area (TPSA) is 63.0 Å². The summed E-state index contributed by atoms with van der Waals surface area (Å²) in [6.07, 6.45) is 4.32. The monoisotopic (exact) mass is 226 g/mol. The van der Waals surface area contributed by atoms with Gasteiger partial charge in [-0.1, -0.05) is 19.1 Å². The Morgan fingerprint density at radius 1 is 1.50 bits per heavy atom. The van der Waals surface area contributed by atoms with Gasteiger partial charge in [-0.2, -0.15) is 0 Å². The van der Waals surface area contributed by atoms with Gasteiger partial charge in [0.25, 0.3) is 0 Å². The predicted molar refractivity (Wildman–Crippen MR) is 62.9 cm³/mol.